The average Bonchev–Trinajstić information content (AvgIpc) is 1.90. The normalized spacial score (nSPS) is 17.8. The third-order valence-electron chi connectivity index (χ3n) is 1.17. The van der Waals surface area contributed by atoms with Gasteiger partial charge in [0.2, 0.25) is 0 Å². The first-order valence-corrected chi connectivity index (χ1v) is 2.76. The van der Waals surface area contributed by atoms with Gasteiger partial charge in [-0.15, -0.1) is 0 Å². The van der Waals surface area contributed by atoms with Gasteiger partial charge in [-0.25, -0.2) is 0 Å². The highest BCUT2D eigenvalue weighted by molar-refractivity contribution is 5.60. The van der Waals surface area contributed by atoms with Crippen LogP contribution in [0.1, 0.15) is 12.8 Å². The molecule has 0 aliphatic carbocycles. The molecule has 1 heteroatoms. The summed E-state index contributed by atoms with van der Waals surface area (Å²) in [6, 6.07) is 0. The van der Waals surface area contributed by atoms with E-state index in [1.165, 1.54) is 5.57 Å². The van der Waals surface area contributed by atoms with Crippen LogP contribution in [0, 0.1) is 0 Å². The molecule has 0 N–H and O–H groups in total. The molecule has 0 atom stereocenters. The molecular weight excluding hydrogens is 98.1 g/mol. The van der Waals surface area contributed by atoms with E-state index in [2.05, 4.69) is 11.6 Å². The van der Waals surface area contributed by atoms with Gasteiger partial charge in [-0.2, -0.15) is 0 Å². The molecule has 0 aromatic carbocycles. The molecule has 1 aliphatic rings. The molecule has 1 nitrogen and oxygen atoms in total. The lowest BCUT2D eigenvalue weighted by atomic mass is 10.1. The van der Waals surface area contributed by atoms with Crippen LogP contribution >= 0.6 is 0 Å². The molecule has 0 aromatic rings. The summed E-state index contributed by atoms with van der Waals surface area (Å²) in [5.74, 6) is 0. The van der Waals surface area contributed by atoms with Gasteiger partial charge < -0.3 is 0 Å². The average molecular weight is 107 g/mol. The third kappa shape index (κ3) is 1.06. The van der Waals surface area contributed by atoms with E-state index >= 15 is 0 Å². The van der Waals surface area contributed by atoms with Crippen molar-refractivity contribution in [1.29, 1.82) is 0 Å². The maximum atomic E-state index is 3.97. The van der Waals surface area contributed by atoms with Crippen molar-refractivity contribution >= 4 is 6.21 Å². The van der Waals surface area contributed by atoms with Crippen LogP contribution in [0.2, 0.25) is 0 Å². The van der Waals surface area contributed by atoms with E-state index < -0.39 is 0 Å². The van der Waals surface area contributed by atoms with Crippen molar-refractivity contribution < 1.29 is 0 Å². The minimum absolute atomic E-state index is 1.07. The second kappa shape index (κ2) is 2.46. The Morgan fingerprint density at radius 2 is 2.62 bits per heavy atom. The lowest BCUT2D eigenvalue weighted by molar-refractivity contribution is 1.03. The summed E-state index contributed by atoms with van der Waals surface area (Å²) in [5.41, 5.74) is 1.24. The summed E-state index contributed by atoms with van der Waals surface area (Å²) in [6.45, 7) is 3.64. The quantitative estimate of drug-likeness (QED) is 0.485. The highest BCUT2D eigenvalue weighted by Crippen LogP contribution is 2.08. The molecule has 0 bridgehead atoms. The van der Waals surface area contributed by atoms with Gasteiger partial charge in [-0.1, -0.05) is 12.7 Å². The van der Waals surface area contributed by atoms with Crippen LogP contribution in [0.5, 0.6) is 0 Å². The van der Waals surface area contributed by atoms with E-state index in [4.69, 9.17) is 0 Å². The van der Waals surface area contributed by atoms with E-state index in [9.17, 15) is 0 Å². The Kier molecular flexibility index (Phi) is 1.62. The summed E-state index contributed by atoms with van der Waals surface area (Å²) in [4.78, 5) is 3.97. The Balaban J connectivity index is 2.63. The maximum Gasteiger partial charge on any atom is 0.0295 e. The van der Waals surface area contributed by atoms with Gasteiger partial charge in [-0.3, -0.25) is 4.99 Å². The highest BCUT2D eigenvalue weighted by atomic mass is 14.7. The minimum Gasteiger partial charge on any atom is -0.269 e. The zero-order valence-electron chi connectivity index (χ0n) is 4.80. The van der Waals surface area contributed by atoms with Crippen molar-refractivity contribution in [3.8, 4) is 0 Å². The van der Waals surface area contributed by atoms with E-state index in [0.717, 1.165) is 12.8 Å². The molecule has 0 radical (unpaired) electrons. The molecule has 0 unspecified atom stereocenters. The number of aliphatic imine (C=N–C) groups is 1. The Bertz CT molecular complexity index is 142. The number of rotatable bonds is 1. The molecule has 0 saturated heterocycles. The van der Waals surface area contributed by atoms with Crippen molar-refractivity contribution in [2.24, 2.45) is 4.99 Å². The Labute approximate surface area is 49.4 Å². The van der Waals surface area contributed by atoms with Crippen molar-refractivity contribution in [2.75, 3.05) is 0 Å². The van der Waals surface area contributed by atoms with E-state index in [1.807, 2.05) is 18.5 Å². The van der Waals surface area contributed by atoms with Crippen molar-refractivity contribution in [3.63, 3.8) is 0 Å². The fourth-order valence-corrected chi connectivity index (χ4v) is 0.674. The van der Waals surface area contributed by atoms with E-state index in [0.29, 0.717) is 0 Å². The van der Waals surface area contributed by atoms with Crippen LogP contribution in [0.25, 0.3) is 0 Å². The van der Waals surface area contributed by atoms with E-state index in [-0.39, 0.29) is 0 Å². The molecule has 1 heterocycles. The molecule has 0 aromatic heterocycles. The summed E-state index contributed by atoms with van der Waals surface area (Å²) in [6.07, 6.45) is 7.81. The van der Waals surface area contributed by atoms with Gasteiger partial charge in [0, 0.05) is 12.4 Å². The number of hydrogen-bond donors (Lipinski definition) is 0. The predicted octanol–water partition coefficient (Wildman–Crippen LogP) is 1.92. The van der Waals surface area contributed by atoms with Crippen molar-refractivity contribution in [1.82, 2.24) is 0 Å². The molecule has 8 heavy (non-hydrogen) atoms. The lowest BCUT2D eigenvalue weighted by Crippen LogP contribution is -1.85. The largest absolute Gasteiger partial charge is 0.269 e. The van der Waals surface area contributed by atoms with E-state index in [1.54, 1.807) is 0 Å². The zero-order chi connectivity index (χ0) is 5.82. The van der Waals surface area contributed by atoms with Crippen LogP contribution in [-0.4, -0.2) is 6.21 Å². The molecule has 1 aliphatic heterocycles. The summed E-state index contributed by atoms with van der Waals surface area (Å²) in [7, 11) is 0. The standard InChI is InChI=1S/C7H9N/c1-2-7-4-3-5-8-6-7/h2,5-6H,1,3-4H2. The second-order valence-corrected chi connectivity index (χ2v) is 1.78. The number of allylic oxidation sites excluding steroid dienone is 2. The van der Waals surface area contributed by atoms with Crippen molar-refractivity contribution in [2.45, 2.75) is 12.8 Å². The van der Waals surface area contributed by atoms with Gasteiger partial charge in [0.25, 0.3) is 0 Å². The molecule has 0 spiro atoms. The van der Waals surface area contributed by atoms with Crippen LogP contribution in [0.4, 0.5) is 0 Å². The molecule has 0 fully saturated rings. The third-order valence-corrected chi connectivity index (χ3v) is 1.17. The SMILES string of the molecule is C=CC1=CN=CCC1. The lowest BCUT2D eigenvalue weighted by Gasteiger charge is -1.99. The molecule has 0 amide bonds. The first kappa shape index (κ1) is 5.29. The fraction of sp³-hybridized carbons (Fsp3) is 0.286. The predicted molar refractivity (Wildman–Crippen MR) is 36.0 cm³/mol. The molecule has 0 saturated carbocycles. The summed E-state index contributed by atoms with van der Waals surface area (Å²) in [5, 5.41) is 0. The molecular formula is C7H9N. The topological polar surface area (TPSA) is 12.4 Å². The van der Waals surface area contributed by atoms with Gasteiger partial charge in [0.15, 0.2) is 0 Å². The Morgan fingerprint density at radius 3 is 3.00 bits per heavy atom. The van der Waals surface area contributed by atoms with Gasteiger partial charge >= 0.3 is 0 Å². The first-order valence-electron chi connectivity index (χ1n) is 2.76. The van der Waals surface area contributed by atoms with Gasteiger partial charge in [-0.05, 0) is 18.4 Å². The van der Waals surface area contributed by atoms with Gasteiger partial charge in [0.05, 0.1) is 0 Å². The highest BCUT2D eigenvalue weighted by Gasteiger charge is 1.92. The van der Waals surface area contributed by atoms with Crippen LogP contribution in [-0.2, 0) is 0 Å². The first-order chi connectivity index (χ1) is 3.93. The zero-order valence-corrected chi connectivity index (χ0v) is 4.80. The number of nitrogens with zero attached hydrogens (tertiary/aromatic N) is 1. The molecule has 1 rings (SSSR count). The maximum absolute atomic E-state index is 3.97. The second-order valence-electron chi connectivity index (χ2n) is 1.78. The van der Waals surface area contributed by atoms with Crippen molar-refractivity contribution in [3.05, 3.63) is 24.4 Å². The van der Waals surface area contributed by atoms with Crippen LogP contribution < -0.4 is 0 Å². The molecule has 42 valence electrons. The monoisotopic (exact) mass is 107 g/mol. The van der Waals surface area contributed by atoms with Crippen LogP contribution in [0.3, 0.4) is 0 Å². The summed E-state index contributed by atoms with van der Waals surface area (Å²) < 4.78 is 0. The number of hydrogen-bond acceptors (Lipinski definition) is 1. The Hall–Kier alpha value is -0.850. The van der Waals surface area contributed by atoms with Crippen LogP contribution in [0.15, 0.2) is 29.4 Å². The fourth-order valence-electron chi connectivity index (χ4n) is 0.674. The van der Waals surface area contributed by atoms with Gasteiger partial charge in [0.1, 0.15) is 0 Å². The smallest absolute Gasteiger partial charge is 0.0295 e. The summed E-state index contributed by atoms with van der Waals surface area (Å²) >= 11 is 0. The Morgan fingerprint density at radius 1 is 1.75 bits per heavy atom. The minimum atomic E-state index is 1.07.